The van der Waals surface area contributed by atoms with Gasteiger partial charge in [0.15, 0.2) is 0 Å². The van der Waals surface area contributed by atoms with Gasteiger partial charge >= 0.3 is 6.61 Å². The van der Waals surface area contributed by atoms with Crippen molar-refractivity contribution in [1.29, 1.82) is 0 Å². The van der Waals surface area contributed by atoms with E-state index in [9.17, 15) is 13.6 Å². The first kappa shape index (κ1) is 14.8. The second kappa shape index (κ2) is 6.21. The first-order valence-electron chi connectivity index (χ1n) is 6.19. The highest BCUT2D eigenvalue weighted by Gasteiger charge is 2.18. The Morgan fingerprint density at radius 1 is 1.48 bits per heavy atom. The van der Waals surface area contributed by atoms with Gasteiger partial charge in [0.1, 0.15) is 11.4 Å². The summed E-state index contributed by atoms with van der Waals surface area (Å²) in [6.45, 7) is -0.721. The summed E-state index contributed by atoms with van der Waals surface area (Å²) in [5, 5.41) is 6.44. The van der Waals surface area contributed by atoms with Crippen LogP contribution in [0, 0.1) is 0 Å². The number of carbonyl (C=O) groups is 1. The molecule has 0 spiro atoms. The number of nitrogens with two attached hydrogens (primary N) is 1. The number of nitrogens with one attached hydrogen (secondary N) is 1. The van der Waals surface area contributed by atoms with Gasteiger partial charge in [-0.3, -0.25) is 9.48 Å². The number of aryl methyl sites for hydroxylation is 1. The van der Waals surface area contributed by atoms with Crippen LogP contribution < -0.4 is 15.8 Å². The van der Waals surface area contributed by atoms with E-state index in [0.29, 0.717) is 6.54 Å². The maximum atomic E-state index is 12.3. The highest BCUT2D eigenvalue weighted by molar-refractivity contribution is 6.07. The van der Waals surface area contributed by atoms with Crippen molar-refractivity contribution >= 4 is 17.3 Å². The summed E-state index contributed by atoms with van der Waals surface area (Å²) in [6.07, 6.45) is 1.36. The van der Waals surface area contributed by atoms with Gasteiger partial charge in [0.05, 0.1) is 17.6 Å². The second-order valence-electron chi connectivity index (χ2n) is 4.09. The smallest absolute Gasteiger partial charge is 0.387 e. The Balaban J connectivity index is 2.26. The van der Waals surface area contributed by atoms with Crippen molar-refractivity contribution in [2.75, 3.05) is 11.1 Å². The van der Waals surface area contributed by atoms with Gasteiger partial charge in [0.2, 0.25) is 0 Å². The number of hydrogen-bond acceptors (Lipinski definition) is 4. The molecule has 6 nitrogen and oxygen atoms in total. The predicted molar refractivity (Wildman–Crippen MR) is 73.3 cm³/mol. The SMILES string of the molecule is CCn1ncc(N)c1C(=O)Nc1ccccc1OC(F)F. The Morgan fingerprint density at radius 3 is 2.86 bits per heavy atom. The minimum atomic E-state index is -2.98. The normalized spacial score (nSPS) is 10.7. The molecule has 1 aromatic carbocycles. The molecule has 0 aliphatic heterocycles. The van der Waals surface area contributed by atoms with E-state index in [-0.39, 0.29) is 22.8 Å². The predicted octanol–water partition coefficient (Wildman–Crippen LogP) is 2.34. The molecule has 112 valence electrons. The van der Waals surface area contributed by atoms with Crippen molar-refractivity contribution in [3.05, 3.63) is 36.2 Å². The van der Waals surface area contributed by atoms with Gasteiger partial charge in [0, 0.05) is 6.54 Å². The number of para-hydroxylation sites is 2. The zero-order chi connectivity index (χ0) is 15.4. The Morgan fingerprint density at radius 2 is 2.19 bits per heavy atom. The molecule has 1 aromatic heterocycles. The maximum Gasteiger partial charge on any atom is 0.387 e. The van der Waals surface area contributed by atoms with Crippen molar-refractivity contribution in [3.8, 4) is 5.75 Å². The highest BCUT2D eigenvalue weighted by Crippen LogP contribution is 2.26. The van der Waals surface area contributed by atoms with E-state index < -0.39 is 12.5 Å². The van der Waals surface area contributed by atoms with Crippen LogP contribution in [0.4, 0.5) is 20.2 Å². The summed E-state index contributed by atoms with van der Waals surface area (Å²) >= 11 is 0. The minimum absolute atomic E-state index is 0.123. The summed E-state index contributed by atoms with van der Waals surface area (Å²) in [5.41, 5.74) is 6.21. The van der Waals surface area contributed by atoms with E-state index >= 15 is 0 Å². The molecule has 0 fully saturated rings. The van der Waals surface area contributed by atoms with Crippen molar-refractivity contribution < 1.29 is 18.3 Å². The number of benzene rings is 1. The Hall–Kier alpha value is -2.64. The lowest BCUT2D eigenvalue weighted by Gasteiger charge is -2.12. The van der Waals surface area contributed by atoms with Gasteiger partial charge < -0.3 is 15.8 Å². The van der Waals surface area contributed by atoms with E-state index in [1.807, 2.05) is 0 Å². The lowest BCUT2D eigenvalue weighted by Crippen LogP contribution is -2.19. The van der Waals surface area contributed by atoms with Gasteiger partial charge in [-0.25, -0.2) is 0 Å². The van der Waals surface area contributed by atoms with Crippen LogP contribution in [0.5, 0.6) is 5.75 Å². The molecule has 1 amide bonds. The van der Waals surface area contributed by atoms with Gasteiger partial charge in [0.25, 0.3) is 5.91 Å². The highest BCUT2D eigenvalue weighted by atomic mass is 19.3. The standard InChI is InChI=1S/C13H14F2N4O2/c1-2-19-11(8(16)7-17-19)12(20)18-9-5-3-4-6-10(9)21-13(14)15/h3-7,13H,2,16H2,1H3,(H,18,20). The maximum absolute atomic E-state index is 12.3. The second-order valence-corrected chi connectivity index (χ2v) is 4.09. The largest absolute Gasteiger partial charge is 0.433 e. The lowest BCUT2D eigenvalue weighted by molar-refractivity contribution is -0.0493. The molecular weight excluding hydrogens is 282 g/mol. The topological polar surface area (TPSA) is 82.2 Å². The summed E-state index contributed by atoms with van der Waals surface area (Å²) in [5.74, 6) is -0.667. The van der Waals surface area contributed by atoms with Crippen LogP contribution >= 0.6 is 0 Å². The third kappa shape index (κ3) is 3.28. The van der Waals surface area contributed by atoms with Crippen LogP contribution in [-0.4, -0.2) is 22.3 Å². The van der Waals surface area contributed by atoms with E-state index in [1.54, 1.807) is 13.0 Å². The van der Waals surface area contributed by atoms with Gasteiger partial charge in [-0.2, -0.15) is 13.9 Å². The van der Waals surface area contributed by atoms with Crippen molar-refractivity contribution in [2.45, 2.75) is 20.1 Å². The molecule has 0 aliphatic rings. The number of ether oxygens (including phenoxy) is 1. The molecule has 0 atom stereocenters. The number of rotatable bonds is 5. The molecule has 0 saturated heterocycles. The van der Waals surface area contributed by atoms with Crippen LogP contribution in [0.3, 0.4) is 0 Å². The number of carbonyl (C=O) groups excluding carboxylic acids is 1. The fourth-order valence-corrected chi connectivity index (χ4v) is 1.84. The molecule has 0 bridgehead atoms. The van der Waals surface area contributed by atoms with Crippen molar-refractivity contribution in [1.82, 2.24) is 9.78 Å². The zero-order valence-corrected chi connectivity index (χ0v) is 11.2. The number of alkyl halides is 2. The summed E-state index contributed by atoms with van der Waals surface area (Å²) in [4.78, 5) is 12.2. The summed E-state index contributed by atoms with van der Waals surface area (Å²) < 4.78 is 30.4. The fraction of sp³-hybridized carbons (Fsp3) is 0.231. The van der Waals surface area contributed by atoms with Crippen LogP contribution in [0.2, 0.25) is 0 Å². The minimum Gasteiger partial charge on any atom is -0.433 e. The first-order chi connectivity index (χ1) is 10.0. The molecule has 8 heteroatoms. The Kier molecular flexibility index (Phi) is 4.36. The average Bonchev–Trinajstić information content (AvgIpc) is 2.81. The molecule has 1 heterocycles. The first-order valence-corrected chi connectivity index (χ1v) is 6.19. The number of nitrogens with zero attached hydrogens (tertiary/aromatic N) is 2. The molecule has 2 aromatic rings. The third-order valence-electron chi connectivity index (χ3n) is 2.73. The average molecular weight is 296 g/mol. The molecular formula is C13H14F2N4O2. The van der Waals surface area contributed by atoms with Crippen LogP contribution in [0.25, 0.3) is 0 Å². The van der Waals surface area contributed by atoms with Crippen LogP contribution in [0.15, 0.2) is 30.5 Å². The fourth-order valence-electron chi connectivity index (χ4n) is 1.84. The lowest BCUT2D eigenvalue weighted by atomic mass is 10.2. The molecule has 0 aliphatic carbocycles. The Bertz CT molecular complexity index is 643. The molecule has 0 radical (unpaired) electrons. The molecule has 21 heavy (non-hydrogen) atoms. The Labute approximate surface area is 119 Å². The van der Waals surface area contributed by atoms with E-state index in [0.717, 1.165) is 0 Å². The number of aromatic nitrogens is 2. The van der Waals surface area contributed by atoms with Gasteiger partial charge in [-0.05, 0) is 19.1 Å². The van der Waals surface area contributed by atoms with Crippen molar-refractivity contribution in [2.24, 2.45) is 0 Å². The summed E-state index contributed by atoms with van der Waals surface area (Å²) in [7, 11) is 0. The number of nitrogen functional groups attached to an aromatic ring is 1. The van der Waals surface area contributed by atoms with E-state index in [1.165, 1.54) is 29.1 Å². The van der Waals surface area contributed by atoms with E-state index in [4.69, 9.17) is 5.73 Å². The monoisotopic (exact) mass is 296 g/mol. The van der Waals surface area contributed by atoms with Crippen molar-refractivity contribution in [3.63, 3.8) is 0 Å². The van der Waals surface area contributed by atoms with Crippen LogP contribution in [-0.2, 0) is 6.54 Å². The number of anilines is 2. The summed E-state index contributed by atoms with van der Waals surface area (Å²) in [6, 6.07) is 5.91. The molecule has 0 unspecified atom stereocenters. The van der Waals surface area contributed by atoms with Gasteiger partial charge in [-0.15, -0.1) is 0 Å². The number of halogens is 2. The quantitative estimate of drug-likeness (QED) is 0.887. The van der Waals surface area contributed by atoms with E-state index in [2.05, 4.69) is 15.2 Å². The third-order valence-corrected chi connectivity index (χ3v) is 2.73. The molecule has 0 saturated carbocycles. The molecule has 2 rings (SSSR count). The zero-order valence-electron chi connectivity index (χ0n) is 11.2. The van der Waals surface area contributed by atoms with Gasteiger partial charge in [-0.1, -0.05) is 12.1 Å². The molecule has 3 N–H and O–H groups in total. The number of amides is 1. The number of hydrogen-bond donors (Lipinski definition) is 2. The van der Waals surface area contributed by atoms with Crippen LogP contribution in [0.1, 0.15) is 17.4 Å².